The first-order chi connectivity index (χ1) is 3.80. The van der Waals surface area contributed by atoms with Crippen LogP contribution in [-0.2, 0) is 11.1 Å². The lowest BCUT2D eigenvalue weighted by molar-refractivity contribution is 0.550. The Kier molecular flexibility index (Phi) is 1.40. The molecule has 6 nitrogen and oxygen atoms in total. The third kappa shape index (κ3) is 0.928. The molecule has 44 valence electrons. The summed E-state index contributed by atoms with van der Waals surface area (Å²) in [6.45, 7) is 0. The smallest absolute Gasteiger partial charge is 0.283 e. The maximum absolute atomic E-state index is 10.0. The van der Waals surface area contributed by atoms with Gasteiger partial charge in [-0.05, 0) is 10.4 Å². The van der Waals surface area contributed by atoms with Crippen molar-refractivity contribution >= 4 is 11.1 Å². The standard InChI is InChI=1S/CH2N4O2S/c6-8(7)1-2-4-5-3-1/h1H,(H,6,7). The Morgan fingerprint density at radius 2 is 1.88 bits per heavy atom. The Hall–Kier alpha value is -0.690. The molecule has 0 radical (unpaired) electrons. The summed E-state index contributed by atoms with van der Waals surface area (Å²) in [6.07, 6.45) is 0. The first kappa shape index (κ1) is 5.45. The van der Waals surface area contributed by atoms with Crippen LogP contribution in [0.15, 0.2) is 20.7 Å². The quantitative estimate of drug-likeness (QED) is 0.523. The molecule has 0 aromatic heterocycles. The molecule has 1 aliphatic rings. The minimum absolute atomic E-state index is 0.991. The molecular weight excluding hydrogens is 132 g/mol. The van der Waals surface area contributed by atoms with Crippen molar-refractivity contribution in [2.24, 2.45) is 20.7 Å². The molecule has 8 heavy (non-hydrogen) atoms. The first-order valence-electron chi connectivity index (χ1n) is 1.70. The van der Waals surface area contributed by atoms with E-state index in [1.165, 1.54) is 0 Å². The maximum atomic E-state index is 10.0. The predicted octanol–water partition coefficient (Wildman–Crippen LogP) is 0.325. The van der Waals surface area contributed by atoms with Crippen molar-refractivity contribution in [3.8, 4) is 0 Å². The van der Waals surface area contributed by atoms with Crippen molar-refractivity contribution in [2.45, 2.75) is 5.50 Å². The second kappa shape index (κ2) is 2.05. The van der Waals surface area contributed by atoms with Crippen molar-refractivity contribution in [1.82, 2.24) is 0 Å². The first-order valence-corrected chi connectivity index (χ1v) is 2.87. The van der Waals surface area contributed by atoms with Gasteiger partial charge in [0.1, 0.15) is 0 Å². The van der Waals surface area contributed by atoms with Gasteiger partial charge in [-0.25, -0.2) is 4.21 Å². The van der Waals surface area contributed by atoms with E-state index in [2.05, 4.69) is 20.7 Å². The Labute approximate surface area is 47.0 Å². The molecule has 0 saturated carbocycles. The lowest BCUT2D eigenvalue weighted by Crippen LogP contribution is -2.03. The SMILES string of the molecule is O=S(O)C1N=NN=N1. The molecule has 0 spiro atoms. The van der Waals surface area contributed by atoms with Crippen LogP contribution in [0.1, 0.15) is 0 Å². The molecule has 1 unspecified atom stereocenters. The molecule has 0 fully saturated rings. The van der Waals surface area contributed by atoms with Crippen LogP contribution in [0.25, 0.3) is 0 Å². The summed E-state index contributed by atoms with van der Waals surface area (Å²) in [7, 11) is 0. The van der Waals surface area contributed by atoms with Crippen LogP contribution in [0.5, 0.6) is 0 Å². The van der Waals surface area contributed by atoms with Gasteiger partial charge in [0.15, 0.2) is 0 Å². The lowest BCUT2D eigenvalue weighted by atomic mass is 11.2. The molecule has 1 rings (SSSR count). The van der Waals surface area contributed by atoms with E-state index in [-0.39, 0.29) is 0 Å². The van der Waals surface area contributed by atoms with Crippen LogP contribution < -0.4 is 0 Å². The normalized spacial score (nSPS) is 22.1. The third-order valence-electron chi connectivity index (χ3n) is 0.521. The molecule has 1 atom stereocenters. The molecule has 1 aliphatic heterocycles. The highest BCUT2D eigenvalue weighted by Crippen LogP contribution is 2.05. The molecule has 1 heterocycles. The van der Waals surface area contributed by atoms with E-state index in [0.29, 0.717) is 0 Å². The van der Waals surface area contributed by atoms with E-state index < -0.39 is 16.6 Å². The van der Waals surface area contributed by atoms with Crippen molar-refractivity contribution in [3.05, 3.63) is 0 Å². The zero-order chi connectivity index (χ0) is 5.98. The lowest BCUT2D eigenvalue weighted by Gasteiger charge is -1.87. The van der Waals surface area contributed by atoms with Crippen LogP contribution in [0.4, 0.5) is 0 Å². The van der Waals surface area contributed by atoms with Crippen LogP contribution in [0, 0.1) is 0 Å². The fourth-order valence-electron chi connectivity index (χ4n) is 0.238. The highest BCUT2D eigenvalue weighted by Gasteiger charge is 2.14. The van der Waals surface area contributed by atoms with Gasteiger partial charge >= 0.3 is 0 Å². The second-order valence-electron chi connectivity index (χ2n) is 1.01. The molecule has 0 aromatic carbocycles. The van der Waals surface area contributed by atoms with E-state index in [0.717, 1.165) is 0 Å². The molecule has 0 amide bonds. The van der Waals surface area contributed by atoms with Crippen LogP contribution in [0.3, 0.4) is 0 Å². The highest BCUT2D eigenvalue weighted by molar-refractivity contribution is 7.79. The summed E-state index contributed by atoms with van der Waals surface area (Å²) in [6, 6.07) is 0. The van der Waals surface area contributed by atoms with Gasteiger partial charge in [-0.15, -0.1) is 10.2 Å². The van der Waals surface area contributed by atoms with Gasteiger partial charge in [-0.2, -0.15) is 0 Å². The third-order valence-corrected chi connectivity index (χ3v) is 1.07. The molecule has 0 aliphatic carbocycles. The van der Waals surface area contributed by atoms with Crippen LogP contribution >= 0.6 is 0 Å². The van der Waals surface area contributed by atoms with Gasteiger partial charge < -0.3 is 4.55 Å². The summed E-state index contributed by atoms with van der Waals surface area (Å²) in [5, 5.41) is 12.4. The summed E-state index contributed by atoms with van der Waals surface area (Å²) < 4.78 is 18.2. The average molecular weight is 134 g/mol. The van der Waals surface area contributed by atoms with Gasteiger partial charge in [0, 0.05) is 0 Å². The van der Waals surface area contributed by atoms with E-state index in [1.807, 2.05) is 0 Å². The highest BCUT2D eigenvalue weighted by atomic mass is 32.2. The van der Waals surface area contributed by atoms with Gasteiger partial charge in [-0.3, -0.25) is 0 Å². The van der Waals surface area contributed by atoms with Crippen molar-refractivity contribution in [2.75, 3.05) is 0 Å². The largest absolute Gasteiger partial charge is 0.303 e. The number of hydrogen-bond donors (Lipinski definition) is 1. The predicted molar refractivity (Wildman–Crippen MR) is 24.3 cm³/mol. The van der Waals surface area contributed by atoms with Gasteiger partial charge in [0.25, 0.3) is 5.50 Å². The van der Waals surface area contributed by atoms with Crippen molar-refractivity contribution in [3.63, 3.8) is 0 Å². The zero-order valence-electron chi connectivity index (χ0n) is 3.63. The van der Waals surface area contributed by atoms with E-state index >= 15 is 0 Å². The molecular formula is CH2N4O2S. The van der Waals surface area contributed by atoms with E-state index in [1.54, 1.807) is 0 Å². The minimum Gasteiger partial charge on any atom is -0.303 e. The summed E-state index contributed by atoms with van der Waals surface area (Å²) in [5.74, 6) is 0. The van der Waals surface area contributed by atoms with E-state index in [9.17, 15) is 4.21 Å². The fraction of sp³-hybridized carbons (Fsp3) is 1.00. The number of hydrogen-bond acceptors (Lipinski definition) is 5. The van der Waals surface area contributed by atoms with E-state index in [4.69, 9.17) is 4.55 Å². The molecule has 0 bridgehead atoms. The monoisotopic (exact) mass is 134 g/mol. The summed E-state index contributed by atoms with van der Waals surface area (Å²) in [5.41, 5.74) is -0.991. The number of rotatable bonds is 1. The Balaban J connectivity index is 2.62. The number of nitrogens with zero attached hydrogens (tertiary/aromatic N) is 4. The zero-order valence-corrected chi connectivity index (χ0v) is 4.45. The van der Waals surface area contributed by atoms with Gasteiger partial charge in [0.05, 0.1) is 0 Å². The van der Waals surface area contributed by atoms with Crippen LogP contribution in [-0.4, -0.2) is 14.3 Å². The molecule has 0 saturated heterocycles. The average Bonchev–Trinajstić information content (AvgIpc) is 2.12. The maximum Gasteiger partial charge on any atom is 0.283 e. The fourth-order valence-corrected chi connectivity index (χ4v) is 0.484. The summed E-state index contributed by atoms with van der Waals surface area (Å²) in [4.78, 5) is 0. The van der Waals surface area contributed by atoms with Gasteiger partial charge in [-0.1, -0.05) is 0 Å². The molecule has 7 heteroatoms. The van der Waals surface area contributed by atoms with Crippen molar-refractivity contribution in [1.29, 1.82) is 0 Å². The van der Waals surface area contributed by atoms with Crippen LogP contribution in [0.2, 0.25) is 0 Å². The Morgan fingerprint density at radius 3 is 2.12 bits per heavy atom. The minimum atomic E-state index is -2.06. The topological polar surface area (TPSA) is 86.7 Å². The Morgan fingerprint density at radius 1 is 1.38 bits per heavy atom. The second-order valence-corrected chi connectivity index (χ2v) is 1.99. The molecule has 1 N–H and O–H groups in total. The Bertz CT molecular complexity index is 151. The van der Waals surface area contributed by atoms with Crippen molar-refractivity contribution < 1.29 is 8.76 Å². The van der Waals surface area contributed by atoms with Gasteiger partial charge in [0.2, 0.25) is 11.1 Å². The molecule has 0 aromatic rings. The summed E-state index contributed by atoms with van der Waals surface area (Å²) >= 11 is -2.06.